The number of rotatable bonds is 5. The molecule has 0 heterocycles. The van der Waals surface area contributed by atoms with Crippen molar-refractivity contribution in [3.05, 3.63) is 28.3 Å². The summed E-state index contributed by atoms with van der Waals surface area (Å²) in [6.07, 6.45) is 5.35. The molecule has 0 aliphatic heterocycles. The van der Waals surface area contributed by atoms with E-state index in [9.17, 15) is 9.90 Å². The number of halogens is 1. The number of aromatic hydroxyl groups is 1. The van der Waals surface area contributed by atoms with E-state index in [1.54, 1.807) is 6.07 Å². The van der Waals surface area contributed by atoms with Crippen LogP contribution in [0.3, 0.4) is 0 Å². The smallest absolute Gasteiger partial charge is 0.163 e. The topological polar surface area (TPSA) is 37.3 Å². The third kappa shape index (κ3) is 3.90. The maximum absolute atomic E-state index is 11.4. The molecular formula is C15H19ClO2S. The Morgan fingerprint density at radius 3 is 2.74 bits per heavy atom. The molecular weight excluding hydrogens is 280 g/mol. The summed E-state index contributed by atoms with van der Waals surface area (Å²) in [5.74, 6) is 2.60. The fraction of sp³-hybridized carbons (Fsp3) is 0.533. The van der Waals surface area contributed by atoms with E-state index in [2.05, 4.69) is 0 Å². The van der Waals surface area contributed by atoms with Crippen LogP contribution < -0.4 is 0 Å². The summed E-state index contributed by atoms with van der Waals surface area (Å²) in [6.45, 7) is 1.45. The van der Waals surface area contributed by atoms with Crippen molar-refractivity contribution in [2.45, 2.75) is 38.4 Å². The van der Waals surface area contributed by atoms with Gasteiger partial charge in [0.05, 0.1) is 5.56 Å². The fourth-order valence-corrected chi connectivity index (χ4v) is 4.01. The molecule has 0 radical (unpaired) electrons. The minimum atomic E-state index is -0.151. The molecule has 1 fully saturated rings. The average molecular weight is 299 g/mol. The van der Waals surface area contributed by atoms with Crippen molar-refractivity contribution in [2.24, 2.45) is 5.92 Å². The minimum Gasteiger partial charge on any atom is -0.507 e. The number of phenols is 1. The van der Waals surface area contributed by atoms with Crippen LogP contribution in [-0.2, 0) is 5.75 Å². The summed E-state index contributed by atoms with van der Waals surface area (Å²) in [7, 11) is 0. The van der Waals surface area contributed by atoms with Gasteiger partial charge in [0.15, 0.2) is 5.78 Å². The van der Waals surface area contributed by atoms with E-state index in [0.717, 1.165) is 17.2 Å². The van der Waals surface area contributed by atoms with E-state index in [4.69, 9.17) is 11.6 Å². The fourth-order valence-electron chi connectivity index (χ4n) is 2.55. The Morgan fingerprint density at radius 1 is 1.42 bits per heavy atom. The van der Waals surface area contributed by atoms with Crippen molar-refractivity contribution in [3.8, 4) is 5.75 Å². The summed E-state index contributed by atoms with van der Waals surface area (Å²) in [5, 5.41) is 10.6. The maximum atomic E-state index is 11.4. The first-order chi connectivity index (χ1) is 9.08. The molecule has 19 heavy (non-hydrogen) atoms. The van der Waals surface area contributed by atoms with Gasteiger partial charge >= 0.3 is 0 Å². The second-order valence-electron chi connectivity index (χ2n) is 5.18. The highest BCUT2D eigenvalue weighted by Gasteiger charge is 2.16. The lowest BCUT2D eigenvalue weighted by Crippen LogP contribution is -1.99. The van der Waals surface area contributed by atoms with Crippen molar-refractivity contribution in [1.29, 1.82) is 0 Å². The number of carbonyl (C=O) groups excluding carboxylic acids is 1. The third-order valence-electron chi connectivity index (χ3n) is 3.62. The normalized spacial score (nSPS) is 15.9. The van der Waals surface area contributed by atoms with Gasteiger partial charge < -0.3 is 5.11 Å². The molecule has 1 aliphatic rings. The van der Waals surface area contributed by atoms with Crippen LogP contribution in [0.4, 0.5) is 0 Å². The molecule has 0 atom stereocenters. The second kappa shape index (κ2) is 6.67. The summed E-state index contributed by atoms with van der Waals surface area (Å²) in [4.78, 5) is 11.4. The van der Waals surface area contributed by atoms with Gasteiger partial charge in [0, 0.05) is 16.3 Å². The Labute approximate surface area is 123 Å². The van der Waals surface area contributed by atoms with E-state index in [0.29, 0.717) is 16.3 Å². The lowest BCUT2D eigenvalue weighted by molar-refractivity contribution is 0.101. The molecule has 0 aromatic heterocycles. The van der Waals surface area contributed by atoms with Crippen molar-refractivity contribution in [2.75, 3.05) is 5.75 Å². The van der Waals surface area contributed by atoms with Gasteiger partial charge in [0.1, 0.15) is 5.75 Å². The van der Waals surface area contributed by atoms with Crippen molar-refractivity contribution in [1.82, 2.24) is 0 Å². The van der Waals surface area contributed by atoms with Gasteiger partial charge in [-0.1, -0.05) is 24.4 Å². The third-order valence-corrected chi connectivity index (χ3v) is 5.06. The molecule has 0 spiro atoms. The van der Waals surface area contributed by atoms with Crippen LogP contribution >= 0.6 is 23.4 Å². The first-order valence-corrected chi connectivity index (χ1v) is 8.21. The molecule has 104 valence electrons. The van der Waals surface area contributed by atoms with E-state index in [1.165, 1.54) is 38.7 Å². The number of hydrogen-bond donors (Lipinski definition) is 1. The molecule has 2 nitrogen and oxygen atoms in total. The van der Waals surface area contributed by atoms with Crippen LogP contribution in [0.1, 0.15) is 48.5 Å². The number of Topliss-reactive ketones (excluding diaryl/α,β-unsaturated/α-hetero) is 1. The summed E-state index contributed by atoms with van der Waals surface area (Å²) in [6, 6.07) is 3.29. The van der Waals surface area contributed by atoms with Gasteiger partial charge in [-0.05, 0) is 43.6 Å². The van der Waals surface area contributed by atoms with E-state index < -0.39 is 0 Å². The monoisotopic (exact) mass is 298 g/mol. The number of phenolic OH excluding ortho intramolecular Hbond substituents is 1. The van der Waals surface area contributed by atoms with E-state index in [1.807, 2.05) is 11.8 Å². The van der Waals surface area contributed by atoms with Gasteiger partial charge in [-0.3, -0.25) is 4.79 Å². The number of hydrogen-bond acceptors (Lipinski definition) is 3. The van der Waals surface area contributed by atoms with Crippen LogP contribution in [-0.4, -0.2) is 16.6 Å². The number of carbonyl (C=O) groups is 1. The van der Waals surface area contributed by atoms with Crippen LogP contribution in [0.5, 0.6) is 5.75 Å². The second-order valence-corrected chi connectivity index (χ2v) is 6.65. The lowest BCUT2D eigenvalue weighted by Gasteiger charge is -2.11. The summed E-state index contributed by atoms with van der Waals surface area (Å²) >= 11 is 7.82. The van der Waals surface area contributed by atoms with Gasteiger partial charge in [0.2, 0.25) is 0 Å². The summed E-state index contributed by atoms with van der Waals surface area (Å²) in [5.41, 5.74) is 1.09. The summed E-state index contributed by atoms with van der Waals surface area (Å²) < 4.78 is 0. The number of thioether (sulfide) groups is 1. The Morgan fingerprint density at radius 2 is 2.11 bits per heavy atom. The first kappa shape index (κ1) is 14.7. The van der Waals surface area contributed by atoms with Crippen LogP contribution in [0.2, 0.25) is 5.02 Å². The highest BCUT2D eigenvalue weighted by atomic mass is 35.5. The Balaban J connectivity index is 2.00. The number of benzene rings is 1. The molecule has 4 heteroatoms. The molecule has 0 saturated heterocycles. The molecule has 1 aliphatic carbocycles. The molecule has 0 unspecified atom stereocenters. The standard InChI is InChI=1S/C15H19ClO2S/c1-10(17)14-7-13(16)6-12(15(14)18)9-19-8-11-4-2-3-5-11/h6-7,11,18H,2-5,8-9H2,1H3. The van der Waals surface area contributed by atoms with Gasteiger partial charge in [-0.2, -0.15) is 11.8 Å². The zero-order valence-corrected chi connectivity index (χ0v) is 12.7. The first-order valence-electron chi connectivity index (χ1n) is 6.68. The zero-order valence-electron chi connectivity index (χ0n) is 11.1. The Kier molecular flexibility index (Phi) is 5.17. The molecule has 1 aromatic rings. The van der Waals surface area contributed by atoms with Crippen LogP contribution in [0, 0.1) is 5.92 Å². The molecule has 2 rings (SSSR count). The highest BCUT2D eigenvalue weighted by molar-refractivity contribution is 7.98. The quantitative estimate of drug-likeness (QED) is 0.803. The molecule has 1 saturated carbocycles. The van der Waals surface area contributed by atoms with E-state index in [-0.39, 0.29) is 11.5 Å². The van der Waals surface area contributed by atoms with Gasteiger partial charge in [0.25, 0.3) is 0 Å². The Hall–Kier alpha value is -0.670. The largest absolute Gasteiger partial charge is 0.507 e. The zero-order chi connectivity index (χ0) is 13.8. The average Bonchev–Trinajstić information content (AvgIpc) is 2.86. The van der Waals surface area contributed by atoms with Gasteiger partial charge in [-0.25, -0.2) is 0 Å². The lowest BCUT2D eigenvalue weighted by atomic mass is 10.1. The van der Waals surface area contributed by atoms with Crippen molar-refractivity contribution < 1.29 is 9.90 Å². The van der Waals surface area contributed by atoms with Crippen LogP contribution in [0.15, 0.2) is 12.1 Å². The predicted octanol–water partition coefficient (Wildman–Crippen LogP) is 4.67. The van der Waals surface area contributed by atoms with E-state index >= 15 is 0 Å². The van der Waals surface area contributed by atoms with Crippen molar-refractivity contribution >= 4 is 29.1 Å². The molecule has 1 N–H and O–H groups in total. The van der Waals surface area contributed by atoms with Gasteiger partial charge in [-0.15, -0.1) is 0 Å². The molecule has 0 amide bonds. The number of ketones is 1. The molecule has 0 bridgehead atoms. The SMILES string of the molecule is CC(=O)c1cc(Cl)cc(CSCC2CCCC2)c1O. The predicted molar refractivity (Wildman–Crippen MR) is 81.2 cm³/mol. The Bertz CT molecular complexity index is 467. The maximum Gasteiger partial charge on any atom is 0.163 e. The minimum absolute atomic E-state index is 0.0934. The molecule has 1 aromatic carbocycles. The highest BCUT2D eigenvalue weighted by Crippen LogP contribution is 2.33. The van der Waals surface area contributed by atoms with Crippen LogP contribution in [0.25, 0.3) is 0 Å². The van der Waals surface area contributed by atoms with Crippen molar-refractivity contribution in [3.63, 3.8) is 0 Å².